The van der Waals surface area contributed by atoms with Crippen molar-refractivity contribution in [1.29, 1.82) is 0 Å². The van der Waals surface area contributed by atoms with E-state index < -0.39 is 24.4 Å². The van der Waals surface area contributed by atoms with Gasteiger partial charge >= 0.3 is 5.97 Å². The van der Waals surface area contributed by atoms with E-state index in [4.69, 9.17) is 21.1 Å². The summed E-state index contributed by atoms with van der Waals surface area (Å²) in [5.74, 6) is -0.395. The lowest BCUT2D eigenvalue weighted by molar-refractivity contribution is -0.148. The Morgan fingerprint density at radius 2 is 1.62 bits per heavy atom. The molecule has 0 saturated carbocycles. The van der Waals surface area contributed by atoms with Crippen molar-refractivity contribution in [2.24, 2.45) is 0 Å². The van der Waals surface area contributed by atoms with Gasteiger partial charge in [-0.05, 0) is 36.8 Å². The number of ether oxygens (including phenoxy) is 2. The van der Waals surface area contributed by atoms with Crippen LogP contribution in [0.3, 0.4) is 0 Å². The number of hydrogen-bond acceptors (Lipinski definition) is 4. The summed E-state index contributed by atoms with van der Waals surface area (Å²) in [4.78, 5) is 25.1. The van der Waals surface area contributed by atoms with Crippen LogP contribution >= 0.6 is 11.6 Å². The second-order valence-electron chi connectivity index (χ2n) is 6.73. The molecule has 3 aromatic rings. The standard InChI is InChI=1S/C23H18ClNO4/c1-14-10-11-15(12-18(14)24)25-21(26)13-28-23(27)22-16-6-2-4-8-19(16)29-20-9-5-3-7-17(20)22/h2-12,22H,13H2,1H3,(H,25,26). The van der Waals surface area contributed by atoms with E-state index in [0.29, 0.717) is 33.3 Å². The number of rotatable bonds is 4. The highest BCUT2D eigenvalue weighted by atomic mass is 35.5. The number of para-hydroxylation sites is 2. The smallest absolute Gasteiger partial charge is 0.318 e. The van der Waals surface area contributed by atoms with Gasteiger partial charge in [-0.1, -0.05) is 54.1 Å². The molecule has 0 bridgehead atoms. The molecule has 0 spiro atoms. The Kier molecular flexibility index (Phi) is 5.23. The molecule has 1 aliphatic rings. The van der Waals surface area contributed by atoms with Crippen molar-refractivity contribution in [2.75, 3.05) is 11.9 Å². The number of benzene rings is 3. The van der Waals surface area contributed by atoms with Crippen LogP contribution in [0.4, 0.5) is 5.69 Å². The minimum absolute atomic E-state index is 0.397. The van der Waals surface area contributed by atoms with E-state index in [1.807, 2.05) is 43.3 Å². The van der Waals surface area contributed by atoms with Gasteiger partial charge in [-0.2, -0.15) is 0 Å². The molecule has 29 heavy (non-hydrogen) atoms. The first kappa shape index (κ1) is 19.0. The number of halogens is 1. The van der Waals surface area contributed by atoms with Gasteiger partial charge in [0, 0.05) is 21.8 Å². The zero-order valence-corrected chi connectivity index (χ0v) is 16.4. The predicted molar refractivity (Wildman–Crippen MR) is 111 cm³/mol. The van der Waals surface area contributed by atoms with Gasteiger partial charge in [-0.3, -0.25) is 9.59 Å². The van der Waals surface area contributed by atoms with Gasteiger partial charge in [0.25, 0.3) is 5.91 Å². The first-order valence-electron chi connectivity index (χ1n) is 9.11. The Hall–Kier alpha value is -3.31. The molecule has 6 heteroatoms. The quantitative estimate of drug-likeness (QED) is 0.613. The van der Waals surface area contributed by atoms with E-state index in [1.54, 1.807) is 30.3 Å². The molecule has 0 aliphatic carbocycles. The Balaban J connectivity index is 1.48. The van der Waals surface area contributed by atoms with Crippen molar-refractivity contribution in [1.82, 2.24) is 0 Å². The Morgan fingerprint density at radius 1 is 1.00 bits per heavy atom. The van der Waals surface area contributed by atoms with Crippen molar-refractivity contribution in [3.8, 4) is 11.5 Å². The topological polar surface area (TPSA) is 64.6 Å². The van der Waals surface area contributed by atoms with Crippen LogP contribution in [-0.4, -0.2) is 18.5 Å². The molecule has 1 heterocycles. The summed E-state index contributed by atoms with van der Waals surface area (Å²) in [7, 11) is 0. The van der Waals surface area contributed by atoms with E-state index >= 15 is 0 Å². The highest BCUT2D eigenvalue weighted by Crippen LogP contribution is 2.44. The summed E-state index contributed by atoms with van der Waals surface area (Å²) in [6, 6.07) is 19.8. The minimum atomic E-state index is -0.655. The second-order valence-corrected chi connectivity index (χ2v) is 7.14. The monoisotopic (exact) mass is 407 g/mol. The van der Waals surface area contributed by atoms with Crippen LogP contribution in [-0.2, 0) is 14.3 Å². The minimum Gasteiger partial charge on any atom is -0.457 e. The fraction of sp³-hybridized carbons (Fsp3) is 0.130. The van der Waals surface area contributed by atoms with Gasteiger partial charge in [0.15, 0.2) is 6.61 Å². The third-order valence-electron chi connectivity index (χ3n) is 4.72. The molecular weight excluding hydrogens is 390 g/mol. The molecule has 1 amide bonds. The maximum absolute atomic E-state index is 12.9. The molecular formula is C23H18ClNO4. The average Bonchev–Trinajstić information content (AvgIpc) is 2.73. The number of hydrogen-bond donors (Lipinski definition) is 1. The second kappa shape index (κ2) is 7.97. The van der Waals surface area contributed by atoms with Gasteiger partial charge in [-0.25, -0.2) is 0 Å². The van der Waals surface area contributed by atoms with Crippen molar-refractivity contribution >= 4 is 29.2 Å². The molecule has 0 radical (unpaired) electrons. The Bertz CT molecular complexity index is 1050. The van der Waals surface area contributed by atoms with Crippen LogP contribution in [0.5, 0.6) is 11.5 Å². The zero-order chi connectivity index (χ0) is 20.4. The average molecular weight is 408 g/mol. The first-order valence-corrected chi connectivity index (χ1v) is 9.49. The van der Waals surface area contributed by atoms with Crippen LogP contribution < -0.4 is 10.1 Å². The SMILES string of the molecule is Cc1ccc(NC(=O)COC(=O)C2c3ccccc3Oc3ccccc32)cc1Cl. The maximum atomic E-state index is 12.9. The molecule has 0 atom stereocenters. The lowest BCUT2D eigenvalue weighted by Gasteiger charge is -2.26. The predicted octanol–water partition coefficient (Wildman–Crippen LogP) is 5.07. The Labute approximate surface area is 173 Å². The number of carbonyl (C=O) groups excluding carboxylic acids is 2. The van der Waals surface area contributed by atoms with Crippen molar-refractivity contribution in [3.05, 3.63) is 88.4 Å². The van der Waals surface area contributed by atoms with Crippen LogP contribution in [0.15, 0.2) is 66.7 Å². The lowest BCUT2D eigenvalue weighted by Crippen LogP contribution is -2.26. The van der Waals surface area contributed by atoms with E-state index in [1.165, 1.54) is 0 Å². The zero-order valence-electron chi connectivity index (χ0n) is 15.6. The van der Waals surface area contributed by atoms with Crippen LogP contribution in [0.25, 0.3) is 0 Å². The third kappa shape index (κ3) is 3.96. The number of aryl methyl sites for hydroxylation is 1. The van der Waals surface area contributed by atoms with Crippen LogP contribution in [0.2, 0.25) is 5.02 Å². The third-order valence-corrected chi connectivity index (χ3v) is 5.12. The summed E-state index contributed by atoms with van der Waals surface area (Å²) in [6.45, 7) is 1.48. The highest BCUT2D eigenvalue weighted by molar-refractivity contribution is 6.31. The molecule has 146 valence electrons. The molecule has 0 aromatic heterocycles. The Morgan fingerprint density at radius 3 is 2.24 bits per heavy atom. The summed E-state index contributed by atoms with van der Waals surface area (Å²) in [6.07, 6.45) is 0. The highest BCUT2D eigenvalue weighted by Gasteiger charge is 2.33. The van der Waals surface area contributed by atoms with Crippen molar-refractivity contribution in [2.45, 2.75) is 12.8 Å². The van der Waals surface area contributed by atoms with Crippen molar-refractivity contribution in [3.63, 3.8) is 0 Å². The molecule has 1 N–H and O–H groups in total. The van der Waals surface area contributed by atoms with Gasteiger partial charge in [0.1, 0.15) is 17.4 Å². The molecule has 1 aliphatic heterocycles. The number of esters is 1. The fourth-order valence-electron chi connectivity index (χ4n) is 3.25. The first-order chi connectivity index (χ1) is 14.0. The molecule has 0 saturated heterocycles. The molecule has 3 aromatic carbocycles. The van der Waals surface area contributed by atoms with E-state index in [-0.39, 0.29) is 0 Å². The molecule has 0 unspecified atom stereocenters. The van der Waals surface area contributed by atoms with Crippen LogP contribution in [0, 0.1) is 6.92 Å². The summed E-state index contributed by atoms with van der Waals surface area (Å²) < 4.78 is 11.2. The maximum Gasteiger partial charge on any atom is 0.318 e. The molecule has 0 fully saturated rings. The van der Waals surface area contributed by atoms with Gasteiger partial charge in [0.2, 0.25) is 0 Å². The largest absolute Gasteiger partial charge is 0.457 e. The number of amides is 1. The molecule has 4 rings (SSSR count). The van der Waals surface area contributed by atoms with Crippen molar-refractivity contribution < 1.29 is 19.1 Å². The molecule has 5 nitrogen and oxygen atoms in total. The lowest BCUT2D eigenvalue weighted by atomic mass is 9.88. The number of anilines is 1. The summed E-state index contributed by atoms with van der Waals surface area (Å²) in [5.41, 5.74) is 2.88. The number of fused-ring (bicyclic) bond motifs is 2. The number of nitrogens with one attached hydrogen (secondary N) is 1. The van der Waals surface area contributed by atoms with E-state index in [9.17, 15) is 9.59 Å². The fourth-order valence-corrected chi connectivity index (χ4v) is 3.43. The summed E-state index contributed by atoms with van der Waals surface area (Å²) in [5, 5.41) is 3.23. The van der Waals surface area contributed by atoms with E-state index in [0.717, 1.165) is 5.56 Å². The normalized spacial score (nSPS) is 12.3. The number of carbonyl (C=O) groups is 2. The van der Waals surface area contributed by atoms with Gasteiger partial charge < -0.3 is 14.8 Å². The van der Waals surface area contributed by atoms with Gasteiger partial charge in [-0.15, -0.1) is 0 Å². The van der Waals surface area contributed by atoms with Crippen LogP contribution in [0.1, 0.15) is 22.6 Å². The summed E-state index contributed by atoms with van der Waals surface area (Å²) >= 11 is 6.07. The van der Waals surface area contributed by atoms with E-state index in [2.05, 4.69) is 5.32 Å². The van der Waals surface area contributed by atoms with Gasteiger partial charge in [0.05, 0.1) is 0 Å².